The Balaban J connectivity index is 1.94. The zero-order chi connectivity index (χ0) is 16.1. The van der Waals surface area contributed by atoms with Crippen molar-refractivity contribution in [2.24, 2.45) is 16.8 Å². The molecule has 1 heterocycles. The van der Waals surface area contributed by atoms with Gasteiger partial charge in [-0.15, -0.1) is 0 Å². The summed E-state index contributed by atoms with van der Waals surface area (Å²) in [7, 11) is 1.42. The lowest BCUT2D eigenvalue weighted by atomic mass is 9.99. The van der Waals surface area contributed by atoms with Crippen LogP contribution in [-0.4, -0.2) is 62.1 Å². The third kappa shape index (κ3) is 4.35. The molecule has 0 spiro atoms. The standard InChI is InChI=1S/C15H26N4O3/c1-4-16-15(17-7-13(20)18-11-5-6-11)19-8-10(2)12(9-19)14(21)22-3/h10-12H,4-9H2,1-3H3,(H,16,17)(H,18,20). The summed E-state index contributed by atoms with van der Waals surface area (Å²) in [5.74, 6) is 0.518. The highest BCUT2D eigenvalue weighted by Gasteiger charge is 2.36. The predicted octanol–water partition coefficient (Wildman–Crippen LogP) is -0.0286. The molecule has 0 radical (unpaired) electrons. The molecule has 2 unspecified atom stereocenters. The molecule has 2 atom stereocenters. The van der Waals surface area contributed by atoms with Gasteiger partial charge in [0.2, 0.25) is 5.91 Å². The maximum atomic E-state index is 11.8. The molecule has 1 saturated carbocycles. The van der Waals surface area contributed by atoms with E-state index in [-0.39, 0.29) is 30.3 Å². The maximum Gasteiger partial charge on any atom is 0.310 e. The smallest absolute Gasteiger partial charge is 0.310 e. The second-order valence-corrected chi connectivity index (χ2v) is 6.02. The number of hydrogen-bond donors (Lipinski definition) is 2. The van der Waals surface area contributed by atoms with Crippen LogP contribution in [0.4, 0.5) is 0 Å². The zero-order valence-electron chi connectivity index (χ0n) is 13.6. The molecule has 1 amide bonds. The van der Waals surface area contributed by atoms with E-state index in [1.807, 2.05) is 18.7 Å². The van der Waals surface area contributed by atoms with Crippen molar-refractivity contribution in [1.82, 2.24) is 15.5 Å². The average molecular weight is 310 g/mol. The lowest BCUT2D eigenvalue weighted by Crippen LogP contribution is -2.41. The number of guanidine groups is 1. The van der Waals surface area contributed by atoms with Crippen LogP contribution in [0.15, 0.2) is 4.99 Å². The number of carbonyl (C=O) groups excluding carboxylic acids is 2. The first-order valence-electron chi connectivity index (χ1n) is 7.95. The number of rotatable bonds is 5. The fraction of sp³-hybridized carbons (Fsp3) is 0.800. The van der Waals surface area contributed by atoms with Crippen molar-refractivity contribution in [3.05, 3.63) is 0 Å². The van der Waals surface area contributed by atoms with Gasteiger partial charge in [0.25, 0.3) is 0 Å². The van der Waals surface area contributed by atoms with E-state index in [0.717, 1.165) is 25.9 Å². The Kier molecular flexibility index (Phi) is 5.63. The van der Waals surface area contributed by atoms with Crippen LogP contribution in [0, 0.1) is 11.8 Å². The molecular formula is C15H26N4O3. The number of nitrogens with zero attached hydrogens (tertiary/aromatic N) is 2. The second-order valence-electron chi connectivity index (χ2n) is 6.02. The van der Waals surface area contributed by atoms with Crippen LogP contribution in [-0.2, 0) is 14.3 Å². The minimum atomic E-state index is -0.183. The third-order valence-corrected chi connectivity index (χ3v) is 4.07. The van der Waals surface area contributed by atoms with E-state index in [2.05, 4.69) is 15.6 Å². The van der Waals surface area contributed by atoms with Gasteiger partial charge in [0.15, 0.2) is 5.96 Å². The number of nitrogens with one attached hydrogen (secondary N) is 2. The van der Waals surface area contributed by atoms with Crippen LogP contribution in [0.1, 0.15) is 26.7 Å². The molecule has 2 rings (SSSR count). The molecular weight excluding hydrogens is 284 g/mol. The van der Waals surface area contributed by atoms with E-state index >= 15 is 0 Å². The van der Waals surface area contributed by atoms with Gasteiger partial charge in [-0.2, -0.15) is 0 Å². The Morgan fingerprint density at radius 1 is 1.32 bits per heavy atom. The number of likely N-dealkylation sites (tertiary alicyclic amines) is 1. The molecule has 1 aliphatic heterocycles. The van der Waals surface area contributed by atoms with Gasteiger partial charge in [-0.3, -0.25) is 9.59 Å². The molecule has 22 heavy (non-hydrogen) atoms. The number of ether oxygens (including phenoxy) is 1. The monoisotopic (exact) mass is 310 g/mol. The number of hydrogen-bond acceptors (Lipinski definition) is 4. The first-order chi connectivity index (χ1) is 10.5. The number of amides is 1. The van der Waals surface area contributed by atoms with Gasteiger partial charge in [-0.05, 0) is 25.7 Å². The summed E-state index contributed by atoms with van der Waals surface area (Å²) in [5.41, 5.74) is 0. The van der Waals surface area contributed by atoms with E-state index in [4.69, 9.17) is 4.74 Å². The van der Waals surface area contributed by atoms with Crippen molar-refractivity contribution in [1.29, 1.82) is 0 Å². The van der Waals surface area contributed by atoms with E-state index in [1.54, 1.807) is 0 Å². The van der Waals surface area contributed by atoms with Crippen molar-refractivity contribution < 1.29 is 14.3 Å². The molecule has 1 aliphatic carbocycles. The molecule has 0 aromatic rings. The number of esters is 1. The Hall–Kier alpha value is -1.79. The van der Waals surface area contributed by atoms with Gasteiger partial charge >= 0.3 is 5.97 Å². The summed E-state index contributed by atoms with van der Waals surface area (Å²) in [5, 5.41) is 6.11. The van der Waals surface area contributed by atoms with Crippen LogP contribution >= 0.6 is 0 Å². The van der Waals surface area contributed by atoms with E-state index in [1.165, 1.54) is 7.11 Å². The highest BCUT2D eigenvalue weighted by molar-refractivity contribution is 5.86. The fourth-order valence-electron chi connectivity index (χ4n) is 2.67. The average Bonchev–Trinajstić information content (AvgIpc) is 3.22. The fourth-order valence-corrected chi connectivity index (χ4v) is 2.67. The van der Waals surface area contributed by atoms with Crippen molar-refractivity contribution in [2.75, 3.05) is 33.3 Å². The normalized spacial score (nSPS) is 25.0. The Morgan fingerprint density at radius 2 is 2.05 bits per heavy atom. The first-order valence-corrected chi connectivity index (χ1v) is 7.95. The maximum absolute atomic E-state index is 11.8. The van der Waals surface area contributed by atoms with Crippen LogP contribution in [0.3, 0.4) is 0 Å². The summed E-state index contributed by atoms with van der Waals surface area (Å²) in [6.07, 6.45) is 2.14. The zero-order valence-corrected chi connectivity index (χ0v) is 13.6. The van der Waals surface area contributed by atoms with Crippen LogP contribution in [0.25, 0.3) is 0 Å². The lowest BCUT2D eigenvalue weighted by Gasteiger charge is -2.21. The second kappa shape index (κ2) is 7.47. The van der Waals surface area contributed by atoms with Crippen molar-refractivity contribution in [3.8, 4) is 0 Å². The lowest BCUT2D eigenvalue weighted by molar-refractivity contribution is -0.146. The highest BCUT2D eigenvalue weighted by Crippen LogP contribution is 2.24. The Morgan fingerprint density at radius 3 is 2.64 bits per heavy atom. The number of carbonyl (C=O) groups is 2. The third-order valence-electron chi connectivity index (χ3n) is 4.07. The van der Waals surface area contributed by atoms with E-state index < -0.39 is 0 Å². The van der Waals surface area contributed by atoms with Crippen molar-refractivity contribution in [2.45, 2.75) is 32.7 Å². The molecule has 0 bridgehead atoms. The predicted molar refractivity (Wildman–Crippen MR) is 83.4 cm³/mol. The van der Waals surface area contributed by atoms with Crippen molar-refractivity contribution >= 4 is 17.8 Å². The Bertz CT molecular complexity index is 448. The minimum Gasteiger partial charge on any atom is -0.469 e. The molecule has 2 aliphatic rings. The van der Waals surface area contributed by atoms with Crippen LogP contribution in [0.2, 0.25) is 0 Å². The van der Waals surface area contributed by atoms with E-state index in [0.29, 0.717) is 18.5 Å². The topological polar surface area (TPSA) is 83.0 Å². The van der Waals surface area contributed by atoms with E-state index in [9.17, 15) is 9.59 Å². The highest BCUT2D eigenvalue weighted by atomic mass is 16.5. The van der Waals surface area contributed by atoms with Gasteiger partial charge in [0.1, 0.15) is 6.54 Å². The Labute approximate surface area is 131 Å². The molecule has 7 heteroatoms. The number of aliphatic imine (C=N–C) groups is 1. The molecule has 2 fully saturated rings. The summed E-state index contributed by atoms with van der Waals surface area (Å²) < 4.78 is 4.85. The quantitative estimate of drug-likeness (QED) is 0.423. The van der Waals surface area contributed by atoms with Crippen molar-refractivity contribution in [3.63, 3.8) is 0 Å². The number of methoxy groups -OCH3 is 1. The SMILES string of the molecule is CCNC(=NCC(=O)NC1CC1)N1CC(C)C(C(=O)OC)C1. The van der Waals surface area contributed by atoms with Crippen LogP contribution in [0.5, 0.6) is 0 Å². The van der Waals surface area contributed by atoms with Gasteiger partial charge in [0.05, 0.1) is 13.0 Å². The largest absolute Gasteiger partial charge is 0.469 e. The van der Waals surface area contributed by atoms with Gasteiger partial charge in [-0.1, -0.05) is 6.92 Å². The van der Waals surface area contributed by atoms with Gasteiger partial charge < -0.3 is 20.3 Å². The molecule has 2 N–H and O–H groups in total. The molecule has 0 aromatic heterocycles. The molecule has 1 saturated heterocycles. The van der Waals surface area contributed by atoms with Gasteiger partial charge in [-0.25, -0.2) is 4.99 Å². The molecule has 0 aromatic carbocycles. The minimum absolute atomic E-state index is 0.0466. The molecule has 7 nitrogen and oxygen atoms in total. The summed E-state index contributed by atoms with van der Waals surface area (Å²) in [4.78, 5) is 30.0. The summed E-state index contributed by atoms with van der Waals surface area (Å²) in [6.45, 7) is 6.16. The summed E-state index contributed by atoms with van der Waals surface area (Å²) >= 11 is 0. The van der Waals surface area contributed by atoms with Gasteiger partial charge in [0, 0.05) is 25.7 Å². The molecule has 124 valence electrons. The summed E-state index contributed by atoms with van der Waals surface area (Å²) in [6, 6.07) is 0.348. The first kappa shape index (κ1) is 16.6. The van der Waals surface area contributed by atoms with Crippen LogP contribution < -0.4 is 10.6 Å².